The van der Waals surface area contributed by atoms with E-state index < -0.39 is 0 Å². The summed E-state index contributed by atoms with van der Waals surface area (Å²) in [5.74, 6) is 1.15. The Hall–Kier alpha value is -3.77. The van der Waals surface area contributed by atoms with Gasteiger partial charge in [-0.05, 0) is 38.6 Å². The number of benzene rings is 1. The molecule has 1 aliphatic heterocycles. The Morgan fingerprint density at radius 3 is 2.58 bits per heavy atom. The molecule has 1 fully saturated rings. The standard InChI is InChI=1S/C24H27N9/c1-4-31-7-9-32(10-8-31)19-5-6-21(26-14-19)29-24-27-13-18-11-17(12-25)20-15-28-33(16(2)3)23(20)22(18)30-24/h5-6,11,13-16H,4,7-10H2,1-3H3,(H,26,27,29,30). The molecule has 168 valence electrons. The van der Waals surface area contributed by atoms with Crippen molar-refractivity contribution in [1.29, 1.82) is 5.26 Å². The minimum atomic E-state index is 0.138. The highest BCUT2D eigenvalue weighted by molar-refractivity contribution is 6.06. The number of nitriles is 1. The normalized spacial score (nSPS) is 14.8. The largest absolute Gasteiger partial charge is 0.368 e. The lowest BCUT2D eigenvalue weighted by Gasteiger charge is -2.35. The van der Waals surface area contributed by atoms with Crippen LogP contribution in [-0.4, -0.2) is 62.4 Å². The van der Waals surface area contributed by atoms with E-state index >= 15 is 0 Å². The fourth-order valence-electron chi connectivity index (χ4n) is 4.34. The number of fused-ring (bicyclic) bond motifs is 3. The van der Waals surface area contributed by atoms with E-state index in [0.717, 1.165) is 60.2 Å². The highest BCUT2D eigenvalue weighted by Gasteiger charge is 2.17. The van der Waals surface area contributed by atoms with Gasteiger partial charge in [-0.15, -0.1) is 0 Å². The first-order valence-electron chi connectivity index (χ1n) is 11.3. The molecule has 0 amide bonds. The summed E-state index contributed by atoms with van der Waals surface area (Å²) in [5.41, 5.74) is 3.31. The summed E-state index contributed by atoms with van der Waals surface area (Å²) < 4.78 is 1.90. The molecule has 4 aromatic rings. The number of nitrogens with one attached hydrogen (secondary N) is 1. The van der Waals surface area contributed by atoms with Crippen LogP contribution in [0.3, 0.4) is 0 Å². The van der Waals surface area contributed by atoms with Crippen LogP contribution in [0.4, 0.5) is 17.5 Å². The van der Waals surface area contributed by atoms with Crippen LogP contribution in [0.15, 0.2) is 36.8 Å². The predicted octanol–water partition coefficient (Wildman–Crippen LogP) is 3.71. The van der Waals surface area contributed by atoms with Gasteiger partial charge in [-0.1, -0.05) is 6.92 Å². The van der Waals surface area contributed by atoms with E-state index in [9.17, 15) is 5.26 Å². The Labute approximate surface area is 192 Å². The van der Waals surface area contributed by atoms with Crippen molar-refractivity contribution in [2.75, 3.05) is 42.9 Å². The van der Waals surface area contributed by atoms with E-state index in [1.165, 1.54) is 0 Å². The number of aromatic nitrogens is 5. The maximum atomic E-state index is 9.58. The highest BCUT2D eigenvalue weighted by atomic mass is 15.3. The Kier molecular flexibility index (Phi) is 5.52. The van der Waals surface area contributed by atoms with Crippen molar-refractivity contribution < 1.29 is 0 Å². The molecule has 1 aromatic carbocycles. The molecule has 9 heteroatoms. The summed E-state index contributed by atoms with van der Waals surface area (Å²) in [6, 6.07) is 8.27. The summed E-state index contributed by atoms with van der Waals surface area (Å²) in [6.45, 7) is 11.6. The van der Waals surface area contributed by atoms with E-state index in [2.05, 4.69) is 63.1 Å². The number of hydrogen-bond acceptors (Lipinski definition) is 8. The lowest BCUT2D eigenvalue weighted by atomic mass is 10.1. The molecule has 0 saturated carbocycles. The molecule has 5 rings (SSSR count). The van der Waals surface area contributed by atoms with Crippen molar-refractivity contribution >= 4 is 39.3 Å². The van der Waals surface area contributed by atoms with Crippen molar-refractivity contribution in [2.45, 2.75) is 26.8 Å². The summed E-state index contributed by atoms with van der Waals surface area (Å²) in [6.07, 6.45) is 5.38. The molecule has 0 spiro atoms. The van der Waals surface area contributed by atoms with E-state index in [1.54, 1.807) is 12.4 Å². The van der Waals surface area contributed by atoms with Gasteiger partial charge < -0.3 is 15.1 Å². The molecule has 0 bridgehead atoms. The minimum Gasteiger partial charge on any atom is -0.368 e. The van der Waals surface area contributed by atoms with Gasteiger partial charge in [-0.3, -0.25) is 4.68 Å². The van der Waals surface area contributed by atoms with Crippen LogP contribution in [0, 0.1) is 11.3 Å². The van der Waals surface area contributed by atoms with E-state index in [0.29, 0.717) is 17.3 Å². The second kappa shape index (κ2) is 8.64. The Balaban J connectivity index is 1.43. The van der Waals surface area contributed by atoms with Crippen LogP contribution in [0.25, 0.3) is 21.8 Å². The third kappa shape index (κ3) is 3.94. The highest BCUT2D eigenvalue weighted by Crippen LogP contribution is 2.29. The fourth-order valence-corrected chi connectivity index (χ4v) is 4.34. The van der Waals surface area contributed by atoms with E-state index in [4.69, 9.17) is 4.98 Å². The lowest BCUT2D eigenvalue weighted by molar-refractivity contribution is 0.271. The quantitative estimate of drug-likeness (QED) is 0.500. The predicted molar refractivity (Wildman–Crippen MR) is 130 cm³/mol. The van der Waals surface area contributed by atoms with Crippen LogP contribution in [0.1, 0.15) is 32.4 Å². The molecule has 9 nitrogen and oxygen atoms in total. The first-order valence-corrected chi connectivity index (χ1v) is 11.3. The van der Waals surface area contributed by atoms with E-state index in [1.807, 2.05) is 23.0 Å². The van der Waals surface area contributed by atoms with Gasteiger partial charge in [0.15, 0.2) is 0 Å². The zero-order valence-corrected chi connectivity index (χ0v) is 19.2. The third-order valence-corrected chi connectivity index (χ3v) is 6.21. The zero-order valence-electron chi connectivity index (χ0n) is 19.2. The lowest BCUT2D eigenvalue weighted by Crippen LogP contribution is -2.46. The van der Waals surface area contributed by atoms with Crippen molar-refractivity contribution in [1.82, 2.24) is 29.6 Å². The molecule has 1 saturated heterocycles. The molecular weight excluding hydrogens is 414 g/mol. The molecule has 4 heterocycles. The van der Waals surface area contributed by atoms with Crippen LogP contribution >= 0.6 is 0 Å². The number of piperazine rings is 1. The smallest absolute Gasteiger partial charge is 0.228 e. The molecule has 0 atom stereocenters. The molecule has 0 aliphatic carbocycles. The second-order valence-corrected chi connectivity index (χ2v) is 8.56. The van der Waals surface area contributed by atoms with E-state index in [-0.39, 0.29) is 6.04 Å². The SMILES string of the molecule is CCN1CCN(c2ccc(Nc3ncc4cc(C#N)c5cnn(C(C)C)c5c4n3)nc2)CC1. The molecule has 33 heavy (non-hydrogen) atoms. The third-order valence-electron chi connectivity index (χ3n) is 6.21. The molecule has 3 aromatic heterocycles. The minimum absolute atomic E-state index is 0.138. The molecule has 0 unspecified atom stereocenters. The van der Waals surface area contributed by atoms with Crippen LogP contribution in [0.5, 0.6) is 0 Å². The van der Waals surface area contributed by atoms with Gasteiger partial charge in [0.05, 0.1) is 35.2 Å². The van der Waals surface area contributed by atoms with Gasteiger partial charge in [0.25, 0.3) is 0 Å². The number of nitrogens with zero attached hydrogens (tertiary/aromatic N) is 8. The fraction of sp³-hybridized carbons (Fsp3) is 0.375. The number of rotatable bonds is 5. The second-order valence-electron chi connectivity index (χ2n) is 8.56. The topological polar surface area (TPSA) is 98.8 Å². The molecule has 0 radical (unpaired) electrons. The first-order chi connectivity index (χ1) is 16.1. The number of likely N-dealkylation sites (N-methyl/N-ethyl adjacent to an activating group) is 1. The van der Waals surface area contributed by atoms with Crippen LogP contribution in [0.2, 0.25) is 0 Å². The number of pyridine rings is 1. The van der Waals surface area contributed by atoms with Crippen molar-refractivity contribution in [3.05, 3.63) is 42.4 Å². The summed E-state index contributed by atoms with van der Waals surface area (Å²) in [5, 5.41) is 18.9. The Bertz CT molecular complexity index is 1330. The monoisotopic (exact) mass is 441 g/mol. The maximum Gasteiger partial charge on any atom is 0.228 e. The van der Waals surface area contributed by atoms with Crippen LogP contribution in [-0.2, 0) is 0 Å². The Morgan fingerprint density at radius 1 is 1.09 bits per heavy atom. The van der Waals surface area contributed by atoms with Crippen molar-refractivity contribution in [3.63, 3.8) is 0 Å². The van der Waals surface area contributed by atoms with Gasteiger partial charge >= 0.3 is 0 Å². The summed E-state index contributed by atoms with van der Waals surface area (Å²) in [4.78, 5) is 18.6. The maximum absolute atomic E-state index is 9.58. The van der Waals surface area contributed by atoms with Gasteiger partial charge in [0.2, 0.25) is 5.95 Å². The van der Waals surface area contributed by atoms with Gasteiger partial charge in [0.1, 0.15) is 11.3 Å². The van der Waals surface area contributed by atoms with Crippen molar-refractivity contribution in [2.24, 2.45) is 0 Å². The Morgan fingerprint density at radius 2 is 1.91 bits per heavy atom. The molecule has 1 N–H and O–H groups in total. The molecular formula is C24H27N9. The number of hydrogen-bond donors (Lipinski definition) is 1. The van der Waals surface area contributed by atoms with Crippen LogP contribution < -0.4 is 10.2 Å². The zero-order chi connectivity index (χ0) is 22.9. The molecule has 1 aliphatic rings. The summed E-state index contributed by atoms with van der Waals surface area (Å²) in [7, 11) is 0. The van der Waals surface area contributed by atoms with Gasteiger partial charge in [-0.25, -0.2) is 15.0 Å². The van der Waals surface area contributed by atoms with Gasteiger partial charge in [-0.2, -0.15) is 10.4 Å². The average Bonchev–Trinajstić information content (AvgIpc) is 3.30. The number of anilines is 3. The summed E-state index contributed by atoms with van der Waals surface area (Å²) >= 11 is 0. The average molecular weight is 442 g/mol. The van der Waals surface area contributed by atoms with Crippen molar-refractivity contribution in [3.8, 4) is 6.07 Å². The van der Waals surface area contributed by atoms with Gasteiger partial charge in [0, 0.05) is 49.2 Å². The first kappa shape index (κ1) is 21.1.